The molecule has 6 heavy (non-hydrogen) atoms. The summed E-state index contributed by atoms with van der Waals surface area (Å²) in [4.78, 5) is 0. The van der Waals surface area contributed by atoms with Gasteiger partial charge in [0.25, 0.3) is 0 Å². The first kappa shape index (κ1) is 6.05. The minimum absolute atomic E-state index is 0. The summed E-state index contributed by atoms with van der Waals surface area (Å²) in [5.74, 6) is 0. The molecule has 0 radical (unpaired) electrons. The lowest BCUT2D eigenvalue weighted by atomic mass is 10.7. The molecule has 0 bridgehead atoms. The van der Waals surface area contributed by atoms with Gasteiger partial charge in [-0.05, 0) is 10.8 Å². The van der Waals surface area contributed by atoms with Crippen molar-refractivity contribution in [3.8, 4) is 0 Å². The maximum Gasteiger partial charge on any atom is 1.00 e. The van der Waals surface area contributed by atoms with Gasteiger partial charge in [-0.2, -0.15) is 11.3 Å². The van der Waals surface area contributed by atoms with E-state index in [2.05, 4.69) is 0 Å². The fourth-order valence-corrected chi connectivity index (χ4v) is 0.680. The van der Waals surface area contributed by atoms with E-state index in [0.717, 1.165) is 0 Å². The van der Waals surface area contributed by atoms with E-state index in [-0.39, 0.29) is 14.9 Å². The molecule has 0 aromatic carbocycles. The quantitative estimate of drug-likeness (QED) is 0.486. The van der Waals surface area contributed by atoms with Gasteiger partial charge in [0.2, 0.25) is 0 Å². The van der Waals surface area contributed by atoms with Gasteiger partial charge in [-0.1, -0.05) is 12.1 Å². The Labute approximate surface area is 49.7 Å². The minimum Gasteiger partial charge on any atom is -2.00 e. The van der Waals surface area contributed by atoms with Crippen LogP contribution < -0.4 is 0 Å². The zero-order valence-electron chi connectivity index (χ0n) is 4.13. The van der Waals surface area contributed by atoms with E-state index in [4.69, 9.17) is 0 Å². The third kappa shape index (κ3) is 1.48. The average molecular weight is 117 g/mol. The summed E-state index contributed by atoms with van der Waals surface area (Å²) >= 11 is 1.71. The van der Waals surface area contributed by atoms with Crippen molar-refractivity contribution in [2.45, 2.75) is 0 Å². The van der Waals surface area contributed by atoms with Gasteiger partial charge in [-0.25, -0.2) is 0 Å². The molecule has 1 aromatic rings. The second kappa shape index (κ2) is 3.25. The SMILES string of the molecule is [H+].[S-2].c1ccsc1. The van der Waals surface area contributed by atoms with Gasteiger partial charge >= 0.3 is 1.43 Å². The molecule has 1 aromatic heterocycles. The molecule has 2 heteroatoms. The van der Waals surface area contributed by atoms with Crippen LogP contribution in [0.3, 0.4) is 0 Å². The van der Waals surface area contributed by atoms with Crippen LogP contribution in [0.1, 0.15) is 1.43 Å². The van der Waals surface area contributed by atoms with E-state index in [1.54, 1.807) is 11.3 Å². The van der Waals surface area contributed by atoms with Crippen LogP contribution in [-0.4, -0.2) is 0 Å². The first-order valence-corrected chi connectivity index (χ1v) is 2.41. The molecule has 0 aliphatic rings. The van der Waals surface area contributed by atoms with E-state index in [9.17, 15) is 0 Å². The Hall–Kier alpha value is 0.0500. The number of hydrogen-bond donors (Lipinski definition) is 0. The van der Waals surface area contributed by atoms with Gasteiger partial charge in [-0.3, -0.25) is 0 Å². The molecule has 0 spiro atoms. The molecule has 0 unspecified atom stereocenters. The highest BCUT2D eigenvalue weighted by Gasteiger charge is 1.58. The van der Waals surface area contributed by atoms with Crippen LogP contribution in [0.25, 0.3) is 0 Å². The molecule has 0 aliphatic heterocycles. The van der Waals surface area contributed by atoms with Crippen LogP contribution in [0.4, 0.5) is 0 Å². The molecule has 0 saturated heterocycles. The monoisotopic (exact) mass is 117 g/mol. The van der Waals surface area contributed by atoms with Crippen LogP contribution in [0, 0.1) is 0 Å². The minimum atomic E-state index is 0. The molecule has 0 saturated carbocycles. The number of hydrogen-bond acceptors (Lipinski definition) is 1. The maximum atomic E-state index is 2.04. The molecule has 1 rings (SSSR count). The van der Waals surface area contributed by atoms with Crippen LogP contribution in [0.2, 0.25) is 0 Å². The topological polar surface area (TPSA) is 0 Å². The van der Waals surface area contributed by atoms with Crippen LogP contribution in [-0.2, 0) is 13.5 Å². The van der Waals surface area contributed by atoms with Crippen molar-refractivity contribution in [1.29, 1.82) is 0 Å². The lowest BCUT2D eigenvalue weighted by Gasteiger charge is -2.00. The first-order chi connectivity index (χ1) is 2.50. The van der Waals surface area contributed by atoms with Crippen LogP contribution >= 0.6 is 11.3 Å². The normalized spacial score (nSPS) is 6.67. The third-order valence-corrected chi connectivity index (χ3v) is 1.05. The predicted molar refractivity (Wildman–Crippen MR) is 32.8 cm³/mol. The average Bonchev–Trinajstić information content (AvgIpc) is 1.76. The van der Waals surface area contributed by atoms with Crippen molar-refractivity contribution in [2.24, 2.45) is 0 Å². The van der Waals surface area contributed by atoms with Gasteiger partial charge in [-0.15, -0.1) is 0 Å². The summed E-state index contributed by atoms with van der Waals surface area (Å²) in [5, 5.41) is 4.08. The molecular formula is C4H5S2-. The van der Waals surface area contributed by atoms with E-state index in [0.29, 0.717) is 0 Å². The second-order valence-corrected chi connectivity index (χ2v) is 1.61. The van der Waals surface area contributed by atoms with E-state index in [1.165, 1.54) is 0 Å². The van der Waals surface area contributed by atoms with Gasteiger partial charge in [0, 0.05) is 0 Å². The Balaban J connectivity index is 0. The van der Waals surface area contributed by atoms with E-state index >= 15 is 0 Å². The van der Waals surface area contributed by atoms with Gasteiger partial charge in [0.05, 0.1) is 0 Å². The maximum absolute atomic E-state index is 2.04. The summed E-state index contributed by atoms with van der Waals surface area (Å²) in [6.45, 7) is 0. The Morgan fingerprint density at radius 1 is 1.17 bits per heavy atom. The van der Waals surface area contributed by atoms with E-state index in [1.807, 2.05) is 22.9 Å². The highest BCUT2D eigenvalue weighted by atomic mass is 32.1. The first-order valence-electron chi connectivity index (χ1n) is 1.47. The molecule has 34 valence electrons. The van der Waals surface area contributed by atoms with Crippen LogP contribution in [0.5, 0.6) is 0 Å². The van der Waals surface area contributed by atoms with Crippen molar-refractivity contribution in [3.63, 3.8) is 0 Å². The molecular weight excluding hydrogens is 112 g/mol. The standard InChI is InChI=1S/C4H4S.S/c1-2-4-5-3-1;/h1-4H;/q;-2/p+1. The van der Waals surface area contributed by atoms with Crippen molar-refractivity contribution in [1.82, 2.24) is 0 Å². The zero-order chi connectivity index (χ0) is 3.54. The summed E-state index contributed by atoms with van der Waals surface area (Å²) in [6, 6.07) is 4.04. The lowest BCUT2D eigenvalue weighted by molar-refractivity contribution is 2.03. The number of rotatable bonds is 0. The summed E-state index contributed by atoms with van der Waals surface area (Å²) in [5.41, 5.74) is 0. The van der Waals surface area contributed by atoms with Crippen molar-refractivity contribution < 1.29 is 1.43 Å². The molecule has 0 atom stereocenters. The Morgan fingerprint density at radius 3 is 1.83 bits per heavy atom. The van der Waals surface area contributed by atoms with Gasteiger partial charge < -0.3 is 13.5 Å². The van der Waals surface area contributed by atoms with Gasteiger partial charge in [0.1, 0.15) is 0 Å². The molecule has 0 fully saturated rings. The highest BCUT2D eigenvalue weighted by molar-refractivity contribution is 7.37. The summed E-state index contributed by atoms with van der Waals surface area (Å²) in [6.07, 6.45) is 0. The fraction of sp³-hybridized carbons (Fsp3) is 0. The molecule has 0 amide bonds. The largest absolute Gasteiger partial charge is 2.00 e. The molecule has 0 aliphatic carbocycles. The third-order valence-electron chi connectivity index (χ3n) is 0.425. The van der Waals surface area contributed by atoms with Gasteiger partial charge in [0.15, 0.2) is 0 Å². The smallest absolute Gasteiger partial charge is 1.00 e. The van der Waals surface area contributed by atoms with Crippen molar-refractivity contribution >= 4 is 24.8 Å². The van der Waals surface area contributed by atoms with E-state index < -0.39 is 0 Å². The fourth-order valence-electron chi connectivity index (χ4n) is 0.227. The van der Waals surface area contributed by atoms with Crippen LogP contribution in [0.15, 0.2) is 22.9 Å². The zero-order valence-corrected chi connectivity index (χ0v) is 4.76. The Bertz CT molecular complexity index is 66.2. The predicted octanol–water partition coefficient (Wildman–Crippen LogP) is 1.86. The summed E-state index contributed by atoms with van der Waals surface area (Å²) < 4.78 is 0. The lowest BCUT2D eigenvalue weighted by Crippen LogP contribution is -1.16. The molecule has 1 heterocycles. The molecule has 0 nitrogen and oxygen atoms in total. The molecule has 0 N–H and O–H groups in total. The van der Waals surface area contributed by atoms with Crippen molar-refractivity contribution in [3.05, 3.63) is 22.9 Å². The van der Waals surface area contributed by atoms with Crippen molar-refractivity contribution in [2.75, 3.05) is 0 Å². The highest BCUT2D eigenvalue weighted by Crippen LogP contribution is 1.91. The summed E-state index contributed by atoms with van der Waals surface area (Å²) in [7, 11) is 0. The number of thiophene rings is 1. The Morgan fingerprint density at radius 2 is 1.67 bits per heavy atom. The second-order valence-electron chi connectivity index (χ2n) is 0.793. The Kier molecular flexibility index (Phi) is 3.28.